The van der Waals surface area contributed by atoms with Gasteiger partial charge in [0.25, 0.3) is 11.5 Å². The Morgan fingerprint density at radius 3 is 2.48 bits per heavy atom. The summed E-state index contributed by atoms with van der Waals surface area (Å²) in [4.78, 5) is 30.1. The monoisotopic (exact) mass is 441 g/mol. The second-order valence-electron chi connectivity index (χ2n) is 8.36. The molecule has 1 heterocycles. The third-order valence-corrected chi connectivity index (χ3v) is 5.81. The lowest BCUT2D eigenvalue weighted by Gasteiger charge is -2.15. The number of hydrogen-bond donors (Lipinski definition) is 1. The van der Waals surface area contributed by atoms with Crippen molar-refractivity contribution in [3.05, 3.63) is 93.0 Å². The summed E-state index contributed by atoms with van der Waals surface area (Å²) in [6, 6.07) is 16.8. The fourth-order valence-corrected chi connectivity index (χ4v) is 3.96. The maximum atomic E-state index is 13.1. The van der Waals surface area contributed by atoms with Crippen LogP contribution in [0.4, 0.5) is 5.69 Å². The molecule has 1 N–H and O–H groups in total. The van der Waals surface area contributed by atoms with E-state index in [1.807, 2.05) is 71.0 Å². The molecule has 0 atom stereocenters. The van der Waals surface area contributed by atoms with Gasteiger partial charge in [-0.3, -0.25) is 14.2 Å². The van der Waals surface area contributed by atoms with Crippen molar-refractivity contribution >= 4 is 22.5 Å². The van der Waals surface area contributed by atoms with E-state index in [4.69, 9.17) is 4.74 Å². The molecule has 0 radical (unpaired) electrons. The van der Waals surface area contributed by atoms with Gasteiger partial charge in [-0.2, -0.15) is 0 Å². The van der Waals surface area contributed by atoms with Gasteiger partial charge >= 0.3 is 0 Å². The SMILES string of the molecule is Cc1cc(C)c(C)c(OCC(=O)Nc2ccc(-n3c(C)nc4ccccc4c3=O)cc2C)c1. The highest BCUT2D eigenvalue weighted by Gasteiger charge is 2.13. The van der Waals surface area contributed by atoms with Gasteiger partial charge < -0.3 is 10.1 Å². The Morgan fingerprint density at radius 2 is 1.73 bits per heavy atom. The van der Waals surface area contributed by atoms with Gasteiger partial charge in [0.15, 0.2) is 6.61 Å². The lowest BCUT2D eigenvalue weighted by Crippen LogP contribution is -2.23. The fourth-order valence-electron chi connectivity index (χ4n) is 3.96. The predicted octanol–water partition coefficient (Wildman–Crippen LogP) is 4.95. The number of aromatic nitrogens is 2. The van der Waals surface area contributed by atoms with Gasteiger partial charge in [0.05, 0.1) is 16.6 Å². The first-order valence-electron chi connectivity index (χ1n) is 10.8. The van der Waals surface area contributed by atoms with Gasteiger partial charge in [0, 0.05) is 5.69 Å². The van der Waals surface area contributed by atoms with Crippen molar-refractivity contribution in [2.45, 2.75) is 34.6 Å². The number of carbonyl (C=O) groups is 1. The number of para-hydroxylation sites is 1. The Balaban J connectivity index is 1.54. The molecule has 4 aromatic rings. The van der Waals surface area contributed by atoms with Crippen LogP contribution in [0.15, 0.2) is 59.4 Å². The summed E-state index contributed by atoms with van der Waals surface area (Å²) in [5.74, 6) is 1.07. The molecule has 0 saturated carbocycles. The van der Waals surface area contributed by atoms with E-state index in [1.165, 1.54) is 0 Å². The minimum atomic E-state index is -0.245. The van der Waals surface area contributed by atoms with Crippen LogP contribution in [0.1, 0.15) is 28.1 Å². The molecule has 3 aromatic carbocycles. The number of rotatable bonds is 5. The molecule has 0 aliphatic carbocycles. The van der Waals surface area contributed by atoms with Crippen LogP contribution < -0.4 is 15.6 Å². The second kappa shape index (κ2) is 8.90. The number of anilines is 1. The van der Waals surface area contributed by atoms with Gasteiger partial charge in [-0.05, 0) is 93.3 Å². The zero-order chi connectivity index (χ0) is 23.7. The number of amides is 1. The fraction of sp³-hybridized carbons (Fsp3) is 0.222. The number of nitrogens with zero attached hydrogens (tertiary/aromatic N) is 2. The molecule has 4 rings (SSSR count). The van der Waals surface area contributed by atoms with Crippen molar-refractivity contribution in [2.24, 2.45) is 0 Å². The van der Waals surface area contributed by atoms with E-state index in [1.54, 1.807) is 16.7 Å². The molecular weight excluding hydrogens is 414 g/mol. The number of benzene rings is 3. The van der Waals surface area contributed by atoms with Crippen LogP contribution in [0, 0.1) is 34.6 Å². The lowest BCUT2D eigenvalue weighted by atomic mass is 10.1. The molecule has 6 nitrogen and oxygen atoms in total. The molecule has 1 aromatic heterocycles. The molecule has 0 bridgehead atoms. The van der Waals surface area contributed by atoms with Crippen molar-refractivity contribution in [2.75, 3.05) is 11.9 Å². The summed E-state index contributed by atoms with van der Waals surface area (Å²) in [6.07, 6.45) is 0. The van der Waals surface area contributed by atoms with Crippen LogP contribution in [0.25, 0.3) is 16.6 Å². The summed E-state index contributed by atoms with van der Waals surface area (Å²) < 4.78 is 7.36. The third kappa shape index (κ3) is 4.51. The van der Waals surface area contributed by atoms with Crippen LogP contribution in [0.5, 0.6) is 5.75 Å². The first kappa shape index (κ1) is 22.3. The summed E-state index contributed by atoms with van der Waals surface area (Å²) in [5.41, 5.74) is 6.01. The highest BCUT2D eigenvalue weighted by Crippen LogP contribution is 2.24. The van der Waals surface area contributed by atoms with Crippen LogP contribution in [-0.2, 0) is 4.79 Å². The van der Waals surface area contributed by atoms with Crippen LogP contribution >= 0.6 is 0 Å². The molecule has 33 heavy (non-hydrogen) atoms. The second-order valence-corrected chi connectivity index (χ2v) is 8.36. The summed E-state index contributed by atoms with van der Waals surface area (Å²) >= 11 is 0. The first-order valence-corrected chi connectivity index (χ1v) is 10.8. The zero-order valence-electron chi connectivity index (χ0n) is 19.5. The van der Waals surface area contributed by atoms with Crippen molar-refractivity contribution in [3.8, 4) is 11.4 Å². The van der Waals surface area contributed by atoms with Crippen molar-refractivity contribution in [1.82, 2.24) is 9.55 Å². The third-order valence-electron chi connectivity index (χ3n) is 5.81. The molecule has 0 fully saturated rings. The van der Waals surface area contributed by atoms with E-state index in [0.717, 1.165) is 22.3 Å². The quantitative estimate of drug-likeness (QED) is 0.476. The Bertz CT molecular complexity index is 1440. The lowest BCUT2D eigenvalue weighted by molar-refractivity contribution is -0.118. The van der Waals surface area contributed by atoms with Crippen molar-refractivity contribution < 1.29 is 9.53 Å². The van der Waals surface area contributed by atoms with Gasteiger partial charge in [-0.25, -0.2) is 4.98 Å². The molecule has 0 aliphatic rings. The maximum absolute atomic E-state index is 13.1. The van der Waals surface area contributed by atoms with Crippen LogP contribution in [0.2, 0.25) is 0 Å². The number of carbonyl (C=O) groups excluding carboxylic acids is 1. The number of hydrogen-bond acceptors (Lipinski definition) is 4. The summed E-state index contributed by atoms with van der Waals surface area (Å²) in [6.45, 7) is 9.63. The molecule has 6 heteroatoms. The van der Waals surface area contributed by atoms with Crippen molar-refractivity contribution in [1.29, 1.82) is 0 Å². The van der Waals surface area contributed by atoms with E-state index in [2.05, 4.69) is 16.4 Å². The van der Waals surface area contributed by atoms with Crippen LogP contribution in [-0.4, -0.2) is 22.1 Å². The van der Waals surface area contributed by atoms with Crippen LogP contribution in [0.3, 0.4) is 0 Å². The predicted molar refractivity (Wildman–Crippen MR) is 132 cm³/mol. The molecule has 1 amide bonds. The normalized spacial score (nSPS) is 10.9. The molecule has 0 aliphatic heterocycles. The van der Waals surface area contributed by atoms with Gasteiger partial charge in [-0.1, -0.05) is 18.2 Å². The van der Waals surface area contributed by atoms with Gasteiger partial charge in [0.2, 0.25) is 0 Å². The van der Waals surface area contributed by atoms with E-state index in [9.17, 15) is 9.59 Å². The van der Waals surface area contributed by atoms with Crippen molar-refractivity contribution in [3.63, 3.8) is 0 Å². The molecular formula is C27H27N3O3. The average molecular weight is 442 g/mol. The van der Waals surface area contributed by atoms with E-state index in [-0.39, 0.29) is 18.1 Å². The molecule has 0 unspecified atom stereocenters. The molecule has 168 valence electrons. The standard InChI is InChI=1S/C27H27N3O3/c1-16-12-17(2)19(4)25(13-16)33-15-26(31)29-23-11-10-21(14-18(23)3)30-20(5)28-24-9-7-6-8-22(24)27(30)32/h6-14H,15H2,1-5H3,(H,29,31). The number of fused-ring (bicyclic) bond motifs is 1. The van der Waals surface area contributed by atoms with E-state index >= 15 is 0 Å². The highest BCUT2D eigenvalue weighted by molar-refractivity contribution is 5.92. The Kier molecular flexibility index (Phi) is 6.01. The smallest absolute Gasteiger partial charge is 0.265 e. The average Bonchev–Trinajstić information content (AvgIpc) is 2.77. The number of nitrogens with one attached hydrogen (secondary N) is 1. The summed E-state index contributed by atoms with van der Waals surface area (Å²) in [5, 5.41) is 3.47. The van der Waals surface area contributed by atoms with E-state index < -0.39 is 0 Å². The Hall–Kier alpha value is -3.93. The Labute approximate surface area is 192 Å². The molecule has 0 spiro atoms. The largest absolute Gasteiger partial charge is 0.483 e. The molecule has 0 saturated heterocycles. The van der Waals surface area contributed by atoms with Gasteiger partial charge in [-0.15, -0.1) is 0 Å². The summed E-state index contributed by atoms with van der Waals surface area (Å²) in [7, 11) is 0. The highest BCUT2D eigenvalue weighted by atomic mass is 16.5. The topological polar surface area (TPSA) is 73.2 Å². The number of aryl methyl sites for hydroxylation is 4. The van der Waals surface area contributed by atoms with E-state index in [0.29, 0.717) is 33.9 Å². The van der Waals surface area contributed by atoms with Gasteiger partial charge in [0.1, 0.15) is 11.6 Å². The minimum Gasteiger partial charge on any atom is -0.483 e. The minimum absolute atomic E-state index is 0.0852. The Morgan fingerprint density at radius 1 is 0.970 bits per heavy atom. The zero-order valence-corrected chi connectivity index (χ0v) is 19.5. The number of ether oxygens (including phenoxy) is 1. The maximum Gasteiger partial charge on any atom is 0.265 e. The first-order chi connectivity index (χ1) is 15.7.